The fourth-order valence-electron chi connectivity index (χ4n) is 2.25. The fraction of sp³-hybridized carbons (Fsp3) is 1.00. The quantitative estimate of drug-likeness (QED) is 0.693. The summed E-state index contributed by atoms with van der Waals surface area (Å²) in [5, 5.41) is 0. The minimum absolute atomic E-state index is 0.395. The molecule has 0 bridgehead atoms. The van der Waals surface area contributed by atoms with Crippen molar-refractivity contribution in [1.82, 2.24) is 4.90 Å². The molecule has 0 aromatic rings. The zero-order valence-electron chi connectivity index (χ0n) is 10.4. The van der Waals surface area contributed by atoms with E-state index >= 15 is 0 Å². The van der Waals surface area contributed by atoms with Gasteiger partial charge in [-0.1, -0.05) is 20.8 Å². The summed E-state index contributed by atoms with van der Waals surface area (Å²) < 4.78 is 5.13. The van der Waals surface area contributed by atoms with Gasteiger partial charge in [0.25, 0.3) is 0 Å². The van der Waals surface area contributed by atoms with Gasteiger partial charge in [-0.25, -0.2) is 0 Å². The topological polar surface area (TPSA) is 12.5 Å². The van der Waals surface area contributed by atoms with Gasteiger partial charge in [-0.05, 0) is 17.8 Å². The lowest BCUT2D eigenvalue weighted by atomic mass is 9.79. The van der Waals surface area contributed by atoms with Crippen molar-refractivity contribution in [3.05, 3.63) is 0 Å². The molecular weight excluding hydrogens is 210 g/mol. The normalized spacial score (nSPS) is 28.6. The first-order valence-electron chi connectivity index (χ1n) is 5.78. The Hall–Kier alpha value is 0.210. The number of methoxy groups -OCH3 is 1. The number of rotatable bonds is 4. The molecule has 1 saturated heterocycles. The summed E-state index contributed by atoms with van der Waals surface area (Å²) in [4.78, 5) is 2.48. The standard InChI is InChI=1S/C12H24ClNO/c1-12(2,3)10-7-11(8-13)14(9-10)5-6-15-4/h10-11H,5-9H2,1-4H3/t10-,11-/m0/s1. The number of hydrogen-bond acceptors (Lipinski definition) is 2. The molecule has 0 aromatic heterocycles. The average Bonchev–Trinajstić information content (AvgIpc) is 2.57. The van der Waals surface area contributed by atoms with Crippen LogP contribution in [-0.4, -0.2) is 43.6 Å². The Balaban J connectivity index is 2.51. The second-order valence-electron chi connectivity index (χ2n) is 5.59. The van der Waals surface area contributed by atoms with E-state index in [4.69, 9.17) is 16.3 Å². The maximum atomic E-state index is 6.01. The van der Waals surface area contributed by atoms with Crippen LogP contribution in [0.4, 0.5) is 0 Å². The summed E-state index contributed by atoms with van der Waals surface area (Å²) in [5.41, 5.74) is 0.395. The minimum Gasteiger partial charge on any atom is -0.383 e. The monoisotopic (exact) mass is 233 g/mol. The molecule has 1 rings (SSSR count). The molecule has 90 valence electrons. The van der Waals surface area contributed by atoms with Crippen molar-refractivity contribution < 1.29 is 4.74 Å². The van der Waals surface area contributed by atoms with Crippen molar-refractivity contribution >= 4 is 11.6 Å². The van der Waals surface area contributed by atoms with Gasteiger partial charge in [-0.2, -0.15) is 0 Å². The molecule has 3 heteroatoms. The molecule has 2 atom stereocenters. The Bertz CT molecular complexity index is 191. The summed E-state index contributed by atoms with van der Waals surface area (Å²) in [6, 6.07) is 0.547. The molecule has 1 aliphatic heterocycles. The third-order valence-electron chi connectivity index (χ3n) is 3.51. The number of hydrogen-bond donors (Lipinski definition) is 0. The van der Waals surface area contributed by atoms with Gasteiger partial charge in [0.15, 0.2) is 0 Å². The lowest BCUT2D eigenvalue weighted by Crippen LogP contribution is -2.34. The molecule has 0 amide bonds. The van der Waals surface area contributed by atoms with Gasteiger partial charge in [-0.3, -0.25) is 4.90 Å². The molecule has 1 fully saturated rings. The number of nitrogens with zero attached hydrogens (tertiary/aromatic N) is 1. The lowest BCUT2D eigenvalue weighted by Gasteiger charge is -2.27. The number of alkyl halides is 1. The summed E-state index contributed by atoms with van der Waals surface area (Å²) in [6.45, 7) is 9.96. The third kappa shape index (κ3) is 3.61. The van der Waals surface area contributed by atoms with Gasteiger partial charge in [0.2, 0.25) is 0 Å². The highest BCUT2D eigenvalue weighted by Gasteiger charge is 2.37. The maximum Gasteiger partial charge on any atom is 0.0589 e. The van der Waals surface area contributed by atoms with Gasteiger partial charge < -0.3 is 4.74 Å². The van der Waals surface area contributed by atoms with Crippen molar-refractivity contribution in [2.24, 2.45) is 11.3 Å². The van der Waals surface area contributed by atoms with E-state index in [-0.39, 0.29) is 0 Å². The third-order valence-corrected chi connectivity index (χ3v) is 3.87. The zero-order chi connectivity index (χ0) is 11.5. The SMILES string of the molecule is COCCN1C[C@@H](C(C)(C)C)C[C@H]1CCl. The van der Waals surface area contributed by atoms with Crippen LogP contribution >= 0.6 is 11.6 Å². The molecule has 0 unspecified atom stereocenters. The van der Waals surface area contributed by atoms with E-state index < -0.39 is 0 Å². The summed E-state index contributed by atoms with van der Waals surface area (Å²) in [5.74, 6) is 1.51. The van der Waals surface area contributed by atoms with Crippen molar-refractivity contribution in [3.8, 4) is 0 Å². The Morgan fingerprint density at radius 1 is 1.40 bits per heavy atom. The number of likely N-dealkylation sites (tertiary alicyclic amines) is 1. The lowest BCUT2D eigenvalue weighted by molar-refractivity contribution is 0.139. The van der Waals surface area contributed by atoms with Crippen LogP contribution in [0.1, 0.15) is 27.2 Å². The van der Waals surface area contributed by atoms with Gasteiger partial charge >= 0.3 is 0 Å². The molecule has 0 spiro atoms. The molecule has 0 aliphatic carbocycles. The van der Waals surface area contributed by atoms with Gasteiger partial charge in [0.1, 0.15) is 0 Å². The van der Waals surface area contributed by atoms with Crippen LogP contribution in [0.25, 0.3) is 0 Å². The van der Waals surface area contributed by atoms with E-state index in [0.717, 1.165) is 24.9 Å². The molecule has 0 aromatic carbocycles. The Morgan fingerprint density at radius 2 is 2.07 bits per heavy atom. The molecule has 2 nitrogen and oxygen atoms in total. The molecule has 1 heterocycles. The summed E-state index contributed by atoms with van der Waals surface area (Å²) in [7, 11) is 1.76. The number of ether oxygens (including phenoxy) is 1. The molecule has 15 heavy (non-hydrogen) atoms. The smallest absolute Gasteiger partial charge is 0.0589 e. The van der Waals surface area contributed by atoms with Crippen molar-refractivity contribution in [3.63, 3.8) is 0 Å². The Morgan fingerprint density at radius 3 is 2.53 bits per heavy atom. The molecule has 0 N–H and O–H groups in total. The van der Waals surface area contributed by atoms with Crippen LogP contribution in [0.3, 0.4) is 0 Å². The average molecular weight is 234 g/mol. The Labute approximate surface area is 98.9 Å². The van der Waals surface area contributed by atoms with Crippen LogP contribution in [-0.2, 0) is 4.74 Å². The van der Waals surface area contributed by atoms with Crippen molar-refractivity contribution in [1.29, 1.82) is 0 Å². The molecule has 1 aliphatic rings. The van der Waals surface area contributed by atoms with Crippen LogP contribution in [0.15, 0.2) is 0 Å². The van der Waals surface area contributed by atoms with E-state index in [1.54, 1.807) is 7.11 Å². The van der Waals surface area contributed by atoms with E-state index in [1.165, 1.54) is 13.0 Å². The van der Waals surface area contributed by atoms with Crippen LogP contribution in [0.5, 0.6) is 0 Å². The van der Waals surface area contributed by atoms with Crippen LogP contribution in [0.2, 0.25) is 0 Å². The highest BCUT2D eigenvalue weighted by molar-refractivity contribution is 6.18. The van der Waals surface area contributed by atoms with E-state index in [9.17, 15) is 0 Å². The highest BCUT2D eigenvalue weighted by atomic mass is 35.5. The minimum atomic E-state index is 0.395. The largest absolute Gasteiger partial charge is 0.383 e. The van der Waals surface area contributed by atoms with E-state index in [2.05, 4.69) is 25.7 Å². The summed E-state index contributed by atoms with van der Waals surface area (Å²) in [6.07, 6.45) is 1.23. The van der Waals surface area contributed by atoms with Crippen LogP contribution < -0.4 is 0 Å². The van der Waals surface area contributed by atoms with E-state index in [0.29, 0.717) is 11.5 Å². The van der Waals surface area contributed by atoms with Gasteiger partial charge in [0, 0.05) is 32.1 Å². The van der Waals surface area contributed by atoms with Gasteiger partial charge in [-0.15, -0.1) is 11.6 Å². The summed E-state index contributed by atoms with van der Waals surface area (Å²) >= 11 is 6.01. The first kappa shape index (κ1) is 13.3. The molecule has 0 radical (unpaired) electrons. The van der Waals surface area contributed by atoms with E-state index in [1.807, 2.05) is 0 Å². The fourth-order valence-corrected chi connectivity index (χ4v) is 2.58. The first-order chi connectivity index (χ1) is 6.99. The van der Waals surface area contributed by atoms with Crippen molar-refractivity contribution in [2.75, 3.05) is 32.7 Å². The van der Waals surface area contributed by atoms with Crippen molar-refractivity contribution in [2.45, 2.75) is 33.2 Å². The first-order valence-corrected chi connectivity index (χ1v) is 6.31. The zero-order valence-corrected chi connectivity index (χ0v) is 11.2. The second-order valence-corrected chi connectivity index (χ2v) is 5.90. The second kappa shape index (κ2) is 5.51. The molecule has 0 saturated carbocycles. The van der Waals surface area contributed by atoms with Crippen LogP contribution in [0, 0.1) is 11.3 Å². The predicted octanol–water partition coefficient (Wildman–Crippen LogP) is 2.61. The molecular formula is C12H24ClNO. The van der Waals surface area contributed by atoms with Gasteiger partial charge in [0.05, 0.1) is 6.61 Å². The Kier molecular flexibility index (Phi) is 4.88. The maximum absolute atomic E-state index is 6.01. The number of halogens is 1. The highest BCUT2D eigenvalue weighted by Crippen LogP contribution is 2.36. The predicted molar refractivity (Wildman–Crippen MR) is 65.5 cm³/mol.